The van der Waals surface area contributed by atoms with E-state index in [1.807, 2.05) is 12.1 Å². The zero-order chi connectivity index (χ0) is 21.7. The SMILES string of the molecule is CCOC(=O)c1c(-c2ccc(Cl)cc2)csc1NC(=O)c1c(OC)cccc1OC. The van der Waals surface area contributed by atoms with Gasteiger partial charge in [0.1, 0.15) is 27.6 Å². The third-order valence-corrected chi connectivity index (χ3v) is 5.46. The normalized spacial score (nSPS) is 10.4. The van der Waals surface area contributed by atoms with Crippen LogP contribution in [0, 0.1) is 0 Å². The number of hydrogen-bond donors (Lipinski definition) is 1. The van der Waals surface area contributed by atoms with E-state index in [-0.39, 0.29) is 17.7 Å². The topological polar surface area (TPSA) is 73.9 Å². The maximum Gasteiger partial charge on any atom is 0.341 e. The highest BCUT2D eigenvalue weighted by Gasteiger charge is 2.25. The summed E-state index contributed by atoms with van der Waals surface area (Å²) in [6.45, 7) is 1.94. The standard InChI is InChI=1S/C22H20ClNO5S/c1-4-29-22(26)18-15(13-8-10-14(23)11-9-13)12-30-21(18)24-20(25)19-16(27-2)6-5-7-17(19)28-3/h5-12H,4H2,1-3H3,(H,24,25). The summed E-state index contributed by atoms with van der Waals surface area (Å²) in [6, 6.07) is 12.1. The summed E-state index contributed by atoms with van der Waals surface area (Å²) in [6.07, 6.45) is 0. The van der Waals surface area contributed by atoms with Crippen LogP contribution in [-0.2, 0) is 4.74 Å². The van der Waals surface area contributed by atoms with E-state index in [0.29, 0.717) is 27.1 Å². The number of halogens is 1. The Morgan fingerprint density at radius 1 is 1.00 bits per heavy atom. The van der Waals surface area contributed by atoms with Crippen molar-refractivity contribution in [3.05, 3.63) is 64.0 Å². The number of ether oxygens (including phenoxy) is 3. The first-order valence-electron chi connectivity index (χ1n) is 9.07. The molecule has 8 heteroatoms. The summed E-state index contributed by atoms with van der Waals surface area (Å²) in [5.74, 6) is -0.261. The highest BCUT2D eigenvalue weighted by atomic mass is 35.5. The Morgan fingerprint density at radius 2 is 1.63 bits per heavy atom. The van der Waals surface area contributed by atoms with Gasteiger partial charge in [-0.05, 0) is 36.8 Å². The van der Waals surface area contributed by atoms with E-state index in [4.69, 9.17) is 25.8 Å². The molecule has 6 nitrogen and oxygen atoms in total. The molecule has 30 heavy (non-hydrogen) atoms. The first kappa shape index (κ1) is 21.7. The van der Waals surface area contributed by atoms with Crippen molar-refractivity contribution < 1.29 is 23.8 Å². The highest BCUT2D eigenvalue weighted by molar-refractivity contribution is 7.15. The minimum Gasteiger partial charge on any atom is -0.496 e. The van der Waals surface area contributed by atoms with Crippen LogP contribution in [0.3, 0.4) is 0 Å². The van der Waals surface area contributed by atoms with Gasteiger partial charge < -0.3 is 19.5 Å². The molecule has 156 valence electrons. The van der Waals surface area contributed by atoms with Crippen LogP contribution in [0.15, 0.2) is 47.8 Å². The number of carbonyl (C=O) groups is 2. The van der Waals surface area contributed by atoms with Gasteiger partial charge >= 0.3 is 5.97 Å². The first-order valence-corrected chi connectivity index (χ1v) is 10.3. The molecule has 0 fully saturated rings. The molecule has 0 unspecified atom stereocenters. The molecule has 0 saturated carbocycles. The second-order valence-corrected chi connectivity index (χ2v) is 7.39. The van der Waals surface area contributed by atoms with Crippen LogP contribution in [-0.4, -0.2) is 32.7 Å². The maximum absolute atomic E-state index is 13.1. The number of thiophene rings is 1. The Labute approximate surface area is 183 Å². The van der Waals surface area contributed by atoms with E-state index in [1.165, 1.54) is 25.6 Å². The van der Waals surface area contributed by atoms with Gasteiger partial charge in [0.25, 0.3) is 5.91 Å². The summed E-state index contributed by atoms with van der Waals surface area (Å²) in [7, 11) is 2.94. The number of benzene rings is 2. The van der Waals surface area contributed by atoms with Crippen LogP contribution in [0.25, 0.3) is 11.1 Å². The van der Waals surface area contributed by atoms with Crippen LogP contribution in [0.2, 0.25) is 5.02 Å². The summed E-state index contributed by atoms with van der Waals surface area (Å²) < 4.78 is 15.8. The molecule has 3 aromatic rings. The third kappa shape index (κ3) is 4.42. The second kappa shape index (κ2) is 9.65. The zero-order valence-electron chi connectivity index (χ0n) is 16.7. The van der Waals surface area contributed by atoms with Crippen molar-refractivity contribution in [2.24, 2.45) is 0 Å². The lowest BCUT2D eigenvalue weighted by atomic mass is 10.0. The quantitative estimate of drug-likeness (QED) is 0.485. The lowest BCUT2D eigenvalue weighted by molar-refractivity contribution is 0.0529. The number of esters is 1. The van der Waals surface area contributed by atoms with Gasteiger partial charge in [-0.1, -0.05) is 29.8 Å². The smallest absolute Gasteiger partial charge is 0.341 e. The molecule has 0 atom stereocenters. The molecule has 0 saturated heterocycles. The van der Waals surface area contributed by atoms with E-state index in [1.54, 1.807) is 42.6 Å². The van der Waals surface area contributed by atoms with E-state index >= 15 is 0 Å². The van der Waals surface area contributed by atoms with Crippen molar-refractivity contribution in [3.8, 4) is 22.6 Å². The molecular formula is C22H20ClNO5S. The van der Waals surface area contributed by atoms with Crippen molar-refractivity contribution in [2.45, 2.75) is 6.92 Å². The molecule has 0 aliphatic rings. The first-order chi connectivity index (χ1) is 14.5. The number of nitrogens with one attached hydrogen (secondary N) is 1. The Kier molecular flexibility index (Phi) is 6.97. The van der Waals surface area contributed by atoms with E-state index in [0.717, 1.165) is 5.56 Å². The van der Waals surface area contributed by atoms with Gasteiger partial charge in [0.2, 0.25) is 0 Å². The van der Waals surface area contributed by atoms with Gasteiger partial charge in [-0.2, -0.15) is 0 Å². The fourth-order valence-corrected chi connectivity index (χ4v) is 4.02. The molecule has 0 radical (unpaired) electrons. The molecule has 0 spiro atoms. The van der Waals surface area contributed by atoms with Crippen molar-refractivity contribution in [1.29, 1.82) is 0 Å². The van der Waals surface area contributed by atoms with Gasteiger partial charge in [0, 0.05) is 16.0 Å². The average Bonchev–Trinajstić information content (AvgIpc) is 3.17. The van der Waals surface area contributed by atoms with Crippen molar-refractivity contribution >= 4 is 39.8 Å². The molecule has 1 heterocycles. The number of methoxy groups -OCH3 is 2. The van der Waals surface area contributed by atoms with Crippen LogP contribution in [0.4, 0.5) is 5.00 Å². The van der Waals surface area contributed by atoms with Crippen molar-refractivity contribution in [2.75, 3.05) is 26.1 Å². The number of anilines is 1. The zero-order valence-corrected chi connectivity index (χ0v) is 18.2. The predicted octanol–water partition coefficient (Wildman–Crippen LogP) is 5.51. The molecule has 0 aliphatic heterocycles. The molecule has 2 aromatic carbocycles. The molecular weight excluding hydrogens is 426 g/mol. The van der Waals surface area contributed by atoms with Gasteiger partial charge in [-0.3, -0.25) is 4.79 Å². The number of rotatable bonds is 7. The fraction of sp³-hybridized carbons (Fsp3) is 0.182. The fourth-order valence-electron chi connectivity index (χ4n) is 2.94. The van der Waals surface area contributed by atoms with Crippen LogP contribution < -0.4 is 14.8 Å². The molecule has 1 amide bonds. The second-order valence-electron chi connectivity index (χ2n) is 6.07. The number of carbonyl (C=O) groups excluding carboxylic acids is 2. The molecule has 0 bridgehead atoms. The lowest BCUT2D eigenvalue weighted by Crippen LogP contribution is -2.16. The van der Waals surface area contributed by atoms with Gasteiger partial charge in [0.15, 0.2) is 0 Å². The summed E-state index contributed by atoms with van der Waals surface area (Å²) in [4.78, 5) is 25.8. The Bertz CT molecular complexity index is 1040. The predicted molar refractivity (Wildman–Crippen MR) is 118 cm³/mol. The lowest BCUT2D eigenvalue weighted by Gasteiger charge is -2.13. The third-order valence-electron chi connectivity index (χ3n) is 4.31. The molecule has 0 aliphatic carbocycles. The van der Waals surface area contributed by atoms with Crippen molar-refractivity contribution in [1.82, 2.24) is 0 Å². The highest BCUT2D eigenvalue weighted by Crippen LogP contribution is 2.38. The minimum absolute atomic E-state index is 0.211. The summed E-state index contributed by atoms with van der Waals surface area (Å²) in [5.41, 5.74) is 1.96. The Morgan fingerprint density at radius 3 is 2.20 bits per heavy atom. The summed E-state index contributed by atoms with van der Waals surface area (Å²) >= 11 is 7.21. The monoisotopic (exact) mass is 445 g/mol. The molecule has 3 rings (SSSR count). The largest absolute Gasteiger partial charge is 0.496 e. The summed E-state index contributed by atoms with van der Waals surface area (Å²) in [5, 5.41) is 5.56. The minimum atomic E-state index is -0.522. The number of hydrogen-bond acceptors (Lipinski definition) is 6. The van der Waals surface area contributed by atoms with Gasteiger partial charge in [-0.25, -0.2) is 4.79 Å². The van der Waals surface area contributed by atoms with E-state index in [2.05, 4.69) is 5.32 Å². The van der Waals surface area contributed by atoms with E-state index < -0.39 is 11.9 Å². The van der Waals surface area contributed by atoms with Crippen LogP contribution >= 0.6 is 22.9 Å². The molecule has 1 N–H and O–H groups in total. The van der Waals surface area contributed by atoms with Crippen LogP contribution in [0.5, 0.6) is 11.5 Å². The number of amides is 1. The van der Waals surface area contributed by atoms with Gasteiger partial charge in [0.05, 0.1) is 20.8 Å². The Hall–Kier alpha value is -3.03. The Balaban J connectivity index is 2.04. The van der Waals surface area contributed by atoms with Crippen LogP contribution in [0.1, 0.15) is 27.6 Å². The van der Waals surface area contributed by atoms with Crippen molar-refractivity contribution in [3.63, 3.8) is 0 Å². The maximum atomic E-state index is 13.1. The van der Waals surface area contributed by atoms with Gasteiger partial charge in [-0.15, -0.1) is 11.3 Å². The average molecular weight is 446 g/mol. The van der Waals surface area contributed by atoms with E-state index in [9.17, 15) is 9.59 Å². The molecule has 1 aromatic heterocycles.